The molecular weight excluding hydrogens is 486 g/mol. The third-order valence-corrected chi connectivity index (χ3v) is 5.00. The van der Waals surface area contributed by atoms with Crippen LogP contribution in [-0.4, -0.2) is 15.4 Å². The Morgan fingerprint density at radius 1 is 1.22 bits per heavy atom. The molecule has 10 heteroatoms. The van der Waals surface area contributed by atoms with Gasteiger partial charge in [-0.2, -0.15) is 0 Å². The summed E-state index contributed by atoms with van der Waals surface area (Å²) in [5.74, 6) is -0.795. The minimum atomic E-state index is -0.610. The summed E-state index contributed by atoms with van der Waals surface area (Å²) in [7, 11) is 0. The normalized spacial score (nSPS) is 10.9. The van der Waals surface area contributed by atoms with E-state index in [1.54, 1.807) is 6.07 Å². The first-order valence-corrected chi connectivity index (χ1v) is 9.46. The summed E-state index contributed by atoms with van der Waals surface area (Å²) in [5.41, 5.74) is 1.11. The van der Waals surface area contributed by atoms with Crippen molar-refractivity contribution in [3.05, 3.63) is 66.0 Å². The summed E-state index contributed by atoms with van der Waals surface area (Å²) < 4.78 is 8.07. The number of aromatic nitrogens is 1. The van der Waals surface area contributed by atoms with Crippen LogP contribution in [0.25, 0.3) is 11.1 Å². The maximum Gasteiger partial charge on any atom is 0.419 e. The van der Waals surface area contributed by atoms with Gasteiger partial charge in [-0.15, -0.1) is 0 Å². The molecule has 0 atom stereocenters. The number of aryl methyl sites for hydroxylation is 1. The number of hydrogen-bond acceptors (Lipinski definition) is 5. The number of halogens is 2. The van der Waals surface area contributed by atoms with Gasteiger partial charge in [-0.3, -0.25) is 19.5 Å². The third kappa shape index (κ3) is 4.45. The maximum absolute atomic E-state index is 12.1. The van der Waals surface area contributed by atoms with Crippen LogP contribution in [0.5, 0.6) is 0 Å². The minimum Gasteiger partial charge on any atom is -0.407 e. The Bertz CT molecular complexity index is 1090. The van der Waals surface area contributed by atoms with Crippen LogP contribution in [0.3, 0.4) is 0 Å². The van der Waals surface area contributed by atoms with Crippen molar-refractivity contribution in [2.24, 2.45) is 0 Å². The van der Waals surface area contributed by atoms with Gasteiger partial charge in [0.15, 0.2) is 5.58 Å². The van der Waals surface area contributed by atoms with Crippen LogP contribution < -0.4 is 11.1 Å². The number of rotatable bonds is 6. The van der Waals surface area contributed by atoms with E-state index in [4.69, 9.17) is 4.42 Å². The van der Waals surface area contributed by atoms with Gasteiger partial charge >= 0.3 is 5.76 Å². The van der Waals surface area contributed by atoms with Gasteiger partial charge in [0, 0.05) is 28.0 Å². The fourth-order valence-electron chi connectivity index (χ4n) is 2.58. The molecule has 0 aliphatic heterocycles. The molecule has 3 aromatic rings. The molecule has 8 nitrogen and oxygen atoms in total. The summed E-state index contributed by atoms with van der Waals surface area (Å²) in [6.07, 6.45) is 0.611. The van der Waals surface area contributed by atoms with E-state index >= 15 is 0 Å². The highest BCUT2D eigenvalue weighted by atomic mass is 79.9. The van der Waals surface area contributed by atoms with Gasteiger partial charge in [-0.05, 0) is 46.6 Å². The Balaban J connectivity index is 1.65. The van der Waals surface area contributed by atoms with Crippen LogP contribution in [0.2, 0.25) is 0 Å². The van der Waals surface area contributed by atoms with Gasteiger partial charge in [0.25, 0.3) is 5.69 Å². The van der Waals surface area contributed by atoms with Crippen LogP contribution in [0, 0.1) is 10.1 Å². The molecule has 140 valence electrons. The molecule has 0 saturated carbocycles. The first-order chi connectivity index (χ1) is 12.8. The molecule has 0 unspecified atom stereocenters. The number of nitro groups is 1. The molecule has 27 heavy (non-hydrogen) atoms. The van der Waals surface area contributed by atoms with E-state index in [0.29, 0.717) is 17.6 Å². The molecule has 0 aliphatic carbocycles. The van der Waals surface area contributed by atoms with Crippen molar-refractivity contribution >= 4 is 60.2 Å². The van der Waals surface area contributed by atoms with Crippen molar-refractivity contribution in [3.8, 4) is 0 Å². The largest absolute Gasteiger partial charge is 0.419 e. The minimum absolute atomic E-state index is 0.150. The molecule has 0 bridgehead atoms. The number of benzene rings is 2. The van der Waals surface area contributed by atoms with Crippen LogP contribution in [-0.2, 0) is 11.3 Å². The molecule has 0 fully saturated rings. The van der Waals surface area contributed by atoms with Crippen LogP contribution in [0.4, 0.5) is 11.4 Å². The Labute approximate surface area is 169 Å². The van der Waals surface area contributed by atoms with Crippen molar-refractivity contribution in [2.75, 3.05) is 5.32 Å². The van der Waals surface area contributed by atoms with E-state index in [1.807, 2.05) is 12.1 Å². The van der Waals surface area contributed by atoms with E-state index in [1.165, 1.54) is 22.8 Å². The number of nitro benzene ring substituents is 1. The van der Waals surface area contributed by atoms with Gasteiger partial charge in [0.2, 0.25) is 5.91 Å². The van der Waals surface area contributed by atoms with Crippen LogP contribution in [0.15, 0.2) is 54.6 Å². The summed E-state index contributed by atoms with van der Waals surface area (Å²) in [5, 5.41) is 13.6. The van der Waals surface area contributed by atoms with Crippen molar-refractivity contribution in [1.82, 2.24) is 4.57 Å². The SMILES string of the molecule is O=C(CCCn1c(=O)oc2cc([N+](=O)[O-])ccc21)Nc1ccc(Br)cc1Br. The van der Waals surface area contributed by atoms with E-state index < -0.39 is 10.7 Å². The summed E-state index contributed by atoms with van der Waals surface area (Å²) in [6.45, 7) is 0.262. The first-order valence-electron chi connectivity index (χ1n) is 7.88. The lowest BCUT2D eigenvalue weighted by Crippen LogP contribution is -2.17. The molecule has 1 amide bonds. The molecule has 0 radical (unpaired) electrons. The average molecular weight is 499 g/mol. The fourth-order valence-corrected chi connectivity index (χ4v) is 3.73. The quantitative estimate of drug-likeness (QED) is 0.399. The Morgan fingerprint density at radius 2 is 2.00 bits per heavy atom. The molecule has 0 aliphatic rings. The van der Waals surface area contributed by atoms with Crippen molar-refractivity contribution in [1.29, 1.82) is 0 Å². The highest BCUT2D eigenvalue weighted by Gasteiger charge is 2.14. The topological polar surface area (TPSA) is 107 Å². The van der Waals surface area contributed by atoms with E-state index in [-0.39, 0.29) is 30.1 Å². The number of carbonyl (C=O) groups is 1. The van der Waals surface area contributed by atoms with Gasteiger partial charge < -0.3 is 9.73 Å². The third-order valence-electron chi connectivity index (χ3n) is 3.85. The molecule has 3 rings (SSSR count). The monoisotopic (exact) mass is 497 g/mol. The molecule has 1 aromatic heterocycles. The fraction of sp³-hybridized carbons (Fsp3) is 0.176. The lowest BCUT2D eigenvalue weighted by Gasteiger charge is -2.08. The average Bonchev–Trinajstić information content (AvgIpc) is 2.92. The zero-order chi connectivity index (χ0) is 19.6. The number of carbonyl (C=O) groups excluding carboxylic acids is 1. The Morgan fingerprint density at radius 3 is 2.70 bits per heavy atom. The predicted molar refractivity (Wildman–Crippen MR) is 107 cm³/mol. The lowest BCUT2D eigenvalue weighted by atomic mass is 10.2. The van der Waals surface area contributed by atoms with E-state index in [2.05, 4.69) is 37.2 Å². The van der Waals surface area contributed by atoms with Crippen molar-refractivity contribution < 1.29 is 14.1 Å². The van der Waals surface area contributed by atoms with Gasteiger partial charge in [0.1, 0.15) is 0 Å². The van der Waals surface area contributed by atoms with Crippen molar-refractivity contribution in [2.45, 2.75) is 19.4 Å². The molecule has 2 aromatic carbocycles. The summed E-state index contributed by atoms with van der Waals surface area (Å²) in [6, 6.07) is 9.41. The second kappa shape index (κ2) is 8.05. The van der Waals surface area contributed by atoms with Crippen molar-refractivity contribution in [3.63, 3.8) is 0 Å². The van der Waals surface area contributed by atoms with Crippen LogP contribution in [0.1, 0.15) is 12.8 Å². The van der Waals surface area contributed by atoms with E-state index in [0.717, 1.165) is 8.95 Å². The predicted octanol–water partition coefficient (Wildman–Crippen LogP) is 4.45. The number of anilines is 1. The number of hydrogen-bond donors (Lipinski definition) is 1. The molecule has 1 N–H and O–H groups in total. The Hall–Kier alpha value is -2.46. The Kier molecular flexibility index (Phi) is 5.76. The van der Waals surface area contributed by atoms with Crippen LogP contribution >= 0.6 is 31.9 Å². The second-order valence-electron chi connectivity index (χ2n) is 5.70. The standard InChI is InChI=1S/C17H13Br2N3O5/c18-10-3-5-13(12(19)8-10)20-16(23)2-1-7-21-14-6-4-11(22(25)26)9-15(14)27-17(21)24/h3-6,8-9H,1-2,7H2,(H,20,23). The zero-order valence-corrected chi connectivity index (χ0v) is 16.9. The number of nitrogens with zero attached hydrogens (tertiary/aromatic N) is 2. The zero-order valence-electron chi connectivity index (χ0n) is 13.8. The highest BCUT2D eigenvalue weighted by molar-refractivity contribution is 9.11. The number of oxazole rings is 1. The number of amides is 1. The second-order valence-corrected chi connectivity index (χ2v) is 7.47. The van der Waals surface area contributed by atoms with Gasteiger partial charge in [-0.1, -0.05) is 15.9 Å². The van der Waals surface area contributed by atoms with Gasteiger partial charge in [0.05, 0.1) is 22.2 Å². The van der Waals surface area contributed by atoms with E-state index in [9.17, 15) is 19.7 Å². The lowest BCUT2D eigenvalue weighted by molar-refractivity contribution is -0.384. The molecule has 1 heterocycles. The highest BCUT2D eigenvalue weighted by Crippen LogP contribution is 2.26. The number of non-ortho nitro benzene ring substituents is 1. The maximum atomic E-state index is 12.1. The van der Waals surface area contributed by atoms with Gasteiger partial charge in [-0.25, -0.2) is 4.79 Å². The summed E-state index contributed by atoms with van der Waals surface area (Å²) >= 11 is 6.72. The molecular formula is C17H13Br2N3O5. The molecule has 0 spiro atoms. The smallest absolute Gasteiger partial charge is 0.407 e. The molecule has 0 saturated heterocycles. The summed E-state index contributed by atoms with van der Waals surface area (Å²) in [4.78, 5) is 34.3. The number of nitrogens with one attached hydrogen (secondary N) is 1. The first kappa shape index (κ1) is 19.3. The number of fused-ring (bicyclic) bond motifs is 1.